The van der Waals surface area contributed by atoms with E-state index in [4.69, 9.17) is 27.1 Å². The zero-order valence-electron chi connectivity index (χ0n) is 19.2. The Hall–Kier alpha value is -2.67. The molecule has 0 aliphatic carbocycles. The van der Waals surface area contributed by atoms with Crippen molar-refractivity contribution in [1.29, 1.82) is 0 Å². The van der Waals surface area contributed by atoms with Crippen LogP contribution in [-0.4, -0.2) is 46.2 Å². The second-order valence-electron chi connectivity index (χ2n) is 8.85. The number of nitrogens with zero attached hydrogens (tertiary/aromatic N) is 3. The van der Waals surface area contributed by atoms with E-state index in [1.54, 1.807) is 0 Å². The van der Waals surface area contributed by atoms with Gasteiger partial charge in [0.05, 0.1) is 17.8 Å². The van der Waals surface area contributed by atoms with Crippen molar-refractivity contribution in [2.45, 2.75) is 39.0 Å². The van der Waals surface area contributed by atoms with E-state index in [0.717, 1.165) is 23.5 Å². The molecule has 174 valence electrons. The number of benzene rings is 2. The summed E-state index contributed by atoms with van der Waals surface area (Å²) in [5.41, 5.74) is 8.73. The Morgan fingerprint density at radius 1 is 1.18 bits per heavy atom. The van der Waals surface area contributed by atoms with Gasteiger partial charge in [-0.25, -0.2) is 4.98 Å². The minimum Gasteiger partial charge on any atom is -0.367 e. The van der Waals surface area contributed by atoms with Gasteiger partial charge in [0.2, 0.25) is 5.91 Å². The number of imidazole rings is 1. The Labute approximate surface area is 200 Å². The molecule has 2 aromatic carbocycles. The van der Waals surface area contributed by atoms with Crippen molar-refractivity contribution in [3.8, 4) is 11.3 Å². The van der Waals surface area contributed by atoms with Crippen LogP contribution in [0.4, 0.5) is 0 Å². The SMILES string of the molecule is CC(C)[C@H](c1nc(-c2cccc(Cl)c2)cn1Cc1ccccc1)N1C[C@H](CCN)OCC1=O. The van der Waals surface area contributed by atoms with Gasteiger partial charge in [-0.1, -0.05) is 67.9 Å². The Balaban J connectivity index is 1.77. The number of morpholine rings is 1. The lowest BCUT2D eigenvalue weighted by molar-refractivity contribution is -0.154. The van der Waals surface area contributed by atoms with Crippen molar-refractivity contribution >= 4 is 17.5 Å². The lowest BCUT2D eigenvalue weighted by atomic mass is 9.99. The quantitative estimate of drug-likeness (QED) is 0.529. The van der Waals surface area contributed by atoms with Crippen molar-refractivity contribution in [2.75, 3.05) is 19.7 Å². The molecule has 0 bridgehead atoms. The third kappa shape index (κ3) is 5.46. The van der Waals surface area contributed by atoms with Gasteiger partial charge in [-0.15, -0.1) is 0 Å². The maximum atomic E-state index is 13.0. The van der Waals surface area contributed by atoms with Gasteiger partial charge >= 0.3 is 0 Å². The molecule has 1 amide bonds. The van der Waals surface area contributed by atoms with Gasteiger partial charge < -0.3 is 19.9 Å². The Kier molecular flexibility index (Phi) is 7.48. The fourth-order valence-corrected chi connectivity index (χ4v) is 4.62. The van der Waals surface area contributed by atoms with Crippen LogP contribution in [0.3, 0.4) is 0 Å². The molecule has 1 aliphatic heterocycles. The highest BCUT2D eigenvalue weighted by Gasteiger charge is 2.36. The van der Waals surface area contributed by atoms with Gasteiger partial charge in [0, 0.05) is 29.9 Å². The first-order valence-electron chi connectivity index (χ1n) is 11.4. The third-order valence-electron chi connectivity index (χ3n) is 6.01. The van der Waals surface area contributed by atoms with E-state index in [0.29, 0.717) is 24.7 Å². The number of rotatable bonds is 8. The van der Waals surface area contributed by atoms with Gasteiger partial charge in [-0.3, -0.25) is 4.79 Å². The number of aromatic nitrogens is 2. The van der Waals surface area contributed by atoms with Gasteiger partial charge in [0.25, 0.3) is 0 Å². The second kappa shape index (κ2) is 10.5. The fourth-order valence-electron chi connectivity index (χ4n) is 4.43. The number of carbonyl (C=O) groups excluding carboxylic acids is 1. The molecule has 1 fully saturated rings. The lowest BCUT2D eigenvalue weighted by Gasteiger charge is -2.39. The second-order valence-corrected chi connectivity index (χ2v) is 9.29. The molecule has 2 heterocycles. The summed E-state index contributed by atoms with van der Waals surface area (Å²) in [7, 11) is 0. The fraction of sp³-hybridized carbons (Fsp3) is 0.385. The molecule has 0 radical (unpaired) electrons. The van der Waals surface area contributed by atoms with Gasteiger partial charge in [-0.05, 0) is 36.6 Å². The van der Waals surface area contributed by atoms with E-state index in [1.165, 1.54) is 5.56 Å². The Morgan fingerprint density at radius 2 is 1.97 bits per heavy atom. The minimum atomic E-state index is -0.182. The van der Waals surface area contributed by atoms with Crippen LogP contribution in [0.15, 0.2) is 60.8 Å². The lowest BCUT2D eigenvalue weighted by Crippen LogP contribution is -2.50. The minimum absolute atomic E-state index is 0.0134. The topological polar surface area (TPSA) is 73.4 Å². The number of carbonyl (C=O) groups is 1. The molecule has 33 heavy (non-hydrogen) atoms. The molecule has 0 spiro atoms. The molecule has 0 unspecified atom stereocenters. The average molecular weight is 467 g/mol. The van der Waals surface area contributed by atoms with Crippen LogP contribution in [0, 0.1) is 5.92 Å². The normalized spacial score (nSPS) is 17.5. The molecule has 0 saturated carbocycles. The number of amides is 1. The van der Waals surface area contributed by atoms with Gasteiger partial charge in [-0.2, -0.15) is 0 Å². The highest BCUT2D eigenvalue weighted by Crippen LogP contribution is 2.33. The van der Waals surface area contributed by atoms with Crippen LogP contribution in [0.5, 0.6) is 0 Å². The van der Waals surface area contributed by atoms with E-state index >= 15 is 0 Å². The highest BCUT2D eigenvalue weighted by molar-refractivity contribution is 6.30. The van der Waals surface area contributed by atoms with E-state index in [-0.39, 0.29) is 30.6 Å². The summed E-state index contributed by atoms with van der Waals surface area (Å²) >= 11 is 6.26. The van der Waals surface area contributed by atoms with E-state index in [2.05, 4.69) is 36.7 Å². The maximum Gasteiger partial charge on any atom is 0.249 e. The predicted octanol–water partition coefficient (Wildman–Crippen LogP) is 4.53. The molecule has 2 N–H and O–H groups in total. The highest BCUT2D eigenvalue weighted by atomic mass is 35.5. The summed E-state index contributed by atoms with van der Waals surface area (Å²) in [4.78, 5) is 20.0. The molecule has 2 atom stereocenters. The zero-order valence-corrected chi connectivity index (χ0v) is 19.9. The zero-order chi connectivity index (χ0) is 23.4. The predicted molar refractivity (Wildman–Crippen MR) is 131 cm³/mol. The molecule has 1 saturated heterocycles. The standard InChI is InChI=1S/C26H31ClN4O2/c1-18(2)25(31-15-22(11-12-28)33-17-24(31)32)26-29-23(20-9-6-10-21(27)13-20)16-30(26)14-19-7-4-3-5-8-19/h3-10,13,16,18,22,25H,11-12,14-15,17,28H2,1-2H3/t22-,25+/m0/s1. The van der Waals surface area contributed by atoms with Crippen molar-refractivity contribution in [3.05, 3.63) is 77.2 Å². The molecular formula is C26H31ClN4O2. The van der Waals surface area contributed by atoms with Crippen molar-refractivity contribution in [2.24, 2.45) is 11.7 Å². The van der Waals surface area contributed by atoms with Crippen LogP contribution >= 0.6 is 11.6 Å². The van der Waals surface area contributed by atoms with Crippen molar-refractivity contribution in [3.63, 3.8) is 0 Å². The number of hydrogen-bond donors (Lipinski definition) is 1. The van der Waals surface area contributed by atoms with Crippen molar-refractivity contribution in [1.82, 2.24) is 14.5 Å². The molecule has 3 aromatic rings. The van der Waals surface area contributed by atoms with Crippen LogP contribution in [-0.2, 0) is 16.1 Å². The smallest absolute Gasteiger partial charge is 0.249 e. The number of ether oxygens (including phenoxy) is 1. The van der Waals surface area contributed by atoms with E-state index < -0.39 is 0 Å². The molecule has 1 aliphatic rings. The van der Waals surface area contributed by atoms with E-state index in [9.17, 15) is 4.79 Å². The number of hydrogen-bond acceptors (Lipinski definition) is 4. The molecule has 4 rings (SSSR count). The Bertz CT molecular complexity index is 1080. The summed E-state index contributed by atoms with van der Waals surface area (Å²) in [5, 5.41) is 0.667. The summed E-state index contributed by atoms with van der Waals surface area (Å²) in [6, 6.07) is 17.8. The monoisotopic (exact) mass is 466 g/mol. The summed E-state index contributed by atoms with van der Waals surface area (Å²) in [6.45, 7) is 6.05. The first kappa shape index (κ1) is 23.5. The van der Waals surface area contributed by atoms with Crippen LogP contribution in [0.1, 0.15) is 37.7 Å². The summed E-state index contributed by atoms with van der Waals surface area (Å²) < 4.78 is 7.89. The number of nitrogens with two attached hydrogens (primary N) is 1. The molecule has 7 heteroatoms. The summed E-state index contributed by atoms with van der Waals surface area (Å²) in [5.74, 6) is 1.01. The molecular weight excluding hydrogens is 436 g/mol. The van der Waals surface area contributed by atoms with Crippen LogP contribution < -0.4 is 5.73 Å². The molecule has 1 aromatic heterocycles. The van der Waals surface area contributed by atoms with Gasteiger partial charge in [0.1, 0.15) is 12.4 Å². The summed E-state index contributed by atoms with van der Waals surface area (Å²) in [6.07, 6.45) is 2.73. The maximum absolute atomic E-state index is 13.0. The van der Waals surface area contributed by atoms with Crippen LogP contribution in [0.2, 0.25) is 5.02 Å². The third-order valence-corrected chi connectivity index (χ3v) is 6.24. The largest absolute Gasteiger partial charge is 0.367 e. The Morgan fingerprint density at radius 3 is 2.67 bits per heavy atom. The first-order valence-corrected chi connectivity index (χ1v) is 11.8. The van der Waals surface area contributed by atoms with Crippen LogP contribution in [0.25, 0.3) is 11.3 Å². The number of halogens is 1. The van der Waals surface area contributed by atoms with E-state index in [1.807, 2.05) is 47.4 Å². The van der Waals surface area contributed by atoms with Crippen molar-refractivity contribution < 1.29 is 9.53 Å². The van der Waals surface area contributed by atoms with Gasteiger partial charge in [0.15, 0.2) is 0 Å². The molecule has 6 nitrogen and oxygen atoms in total. The first-order chi connectivity index (χ1) is 16.0. The average Bonchev–Trinajstić information content (AvgIpc) is 3.20.